The zero-order chi connectivity index (χ0) is 17.4. The van der Waals surface area contributed by atoms with Gasteiger partial charge in [0, 0.05) is 25.2 Å². The van der Waals surface area contributed by atoms with Crippen LogP contribution in [0, 0.1) is 0 Å². The molecule has 3 aromatic rings. The monoisotopic (exact) mass is 339 g/mol. The quantitative estimate of drug-likeness (QED) is 0.766. The van der Waals surface area contributed by atoms with Crippen LogP contribution in [-0.2, 0) is 23.1 Å². The van der Waals surface area contributed by atoms with Gasteiger partial charge in [-0.1, -0.05) is 17.3 Å². The zero-order valence-electron chi connectivity index (χ0n) is 13.7. The summed E-state index contributed by atoms with van der Waals surface area (Å²) in [5, 5.41) is 11.6. The molecule has 3 heterocycles. The van der Waals surface area contributed by atoms with E-state index < -0.39 is 6.04 Å². The maximum absolute atomic E-state index is 12.5. The van der Waals surface area contributed by atoms with Gasteiger partial charge in [-0.25, -0.2) is 0 Å². The fraction of sp³-hybridized carbons (Fsp3) is 0.294. The highest BCUT2D eigenvalue weighted by Crippen LogP contribution is 2.21. The summed E-state index contributed by atoms with van der Waals surface area (Å²) in [7, 11) is 1.80. The molecule has 2 aromatic heterocycles. The number of benzene rings is 1. The fourth-order valence-corrected chi connectivity index (χ4v) is 3.08. The van der Waals surface area contributed by atoms with E-state index in [1.54, 1.807) is 35.1 Å². The van der Waals surface area contributed by atoms with Crippen LogP contribution < -0.4 is 10.2 Å². The molecule has 1 fully saturated rings. The van der Waals surface area contributed by atoms with Crippen molar-refractivity contribution in [2.45, 2.75) is 18.9 Å². The third-order valence-corrected chi connectivity index (χ3v) is 4.32. The van der Waals surface area contributed by atoms with Gasteiger partial charge in [0.1, 0.15) is 11.7 Å². The maximum Gasteiger partial charge on any atom is 0.249 e. The Balaban J connectivity index is 1.42. The van der Waals surface area contributed by atoms with E-state index in [-0.39, 0.29) is 18.2 Å². The Hall–Kier alpha value is -3.16. The van der Waals surface area contributed by atoms with Crippen LogP contribution in [0.5, 0.6) is 0 Å². The molecule has 1 aliphatic rings. The molecule has 0 radical (unpaired) electrons. The van der Waals surface area contributed by atoms with E-state index in [0.29, 0.717) is 24.2 Å². The predicted molar refractivity (Wildman–Crippen MR) is 89.8 cm³/mol. The van der Waals surface area contributed by atoms with E-state index in [9.17, 15) is 9.59 Å². The Labute approximate surface area is 143 Å². The van der Waals surface area contributed by atoms with E-state index in [4.69, 9.17) is 4.52 Å². The molecule has 1 atom stereocenters. The highest BCUT2D eigenvalue weighted by Gasteiger charge is 2.34. The molecule has 128 valence electrons. The molecule has 0 bridgehead atoms. The number of anilines is 1. The Kier molecular flexibility index (Phi) is 3.72. The van der Waals surface area contributed by atoms with Gasteiger partial charge in [0.05, 0.1) is 18.3 Å². The molecule has 1 aliphatic heterocycles. The predicted octanol–water partition coefficient (Wildman–Crippen LogP) is 1.03. The summed E-state index contributed by atoms with van der Waals surface area (Å²) >= 11 is 0. The highest BCUT2D eigenvalue weighted by molar-refractivity contribution is 6.01. The fourth-order valence-electron chi connectivity index (χ4n) is 3.08. The second-order valence-electron chi connectivity index (χ2n) is 6.07. The molecule has 1 saturated heterocycles. The Morgan fingerprint density at radius 2 is 2.24 bits per heavy atom. The van der Waals surface area contributed by atoms with Crippen LogP contribution in [0.2, 0.25) is 0 Å². The first-order valence-corrected chi connectivity index (χ1v) is 8.04. The molecular formula is C17H17N5O3. The van der Waals surface area contributed by atoms with Gasteiger partial charge in [0.25, 0.3) is 0 Å². The second-order valence-corrected chi connectivity index (χ2v) is 6.07. The van der Waals surface area contributed by atoms with Crippen LogP contribution in [0.15, 0.2) is 41.2 Å². The lowest BCUT2D eigenvalue weighted by Crippen LogP contribution is -2.42. The van der Waals surface area contributed by atoms with Crippen molar-refractivity contribution >= 4 is 28.5 Å². The number of nitrogens with zero attached hydrogens (tertiary/aromatic N) is 4. The number of hydrogen-bond acceptors (Lipinski definition) is 5. The third-order valence-electron chi connectivity index (χ3n) is 4.32. The number of nitrogens with one attached hydrogen (secondary N) is 1. The first-order valence-electron chi connectivity index (χ1n) is 8.04. The average molecular weight is 339 g/mol. The molecule has 4 rings (SSSR count). The van der Waals surface area contributed by atoms with Crippen molar-refractivity contribution < 1.29 is 14.1 Å². The molecule has 0 aliphatic carbocycles. The number of hydrogen-bond donors (Lipinski definition) is 1. The minimum absolute atomic E-state index is 0.0771. The van der Waals surface area contributed by atoms with Crippen molar-refractivity contribution in [2.75, 3.05) is 11.4 Å². The van der Waals surface area contributed by atoms with Crippen molar-refractivity contribution in [1.82, 2.24) is 20.3 Å². The minimum atomic E-state index is -0.522. The smallest absolute Gasteiger partial charge is 0.249 e. The standard InChI is InChI=1S/C17H17N5O3/c1-21-10-11(9-18-21)22-7-6-13(17(22)24)19-16(23)8-14-12-4-2-3-5-15(12)25-20-14/h2-5,9-10,13H,6-8H2,1H3,(H,19,23)/t13-/m0/s1. The molecule has 0 spiro atoms. The molecule has 1 N–H and O–H groups in total. The highest BCUT2D eigenvalue weighted by atomic mass is 16.5. The molecule has 0 saturated carbocycles. The van der Waals surface area contributed by atoms with E-state index in [1.807, 2.05) is 18.2 Å². The number of aryl methyl sites for hydroxylation is 1. The van der Waals surface area contributed by atoms with Crippen LogP contribution in [-0.4, -0.2) is 39.3 Å². The van der Waals surface area contributed by atoms with Gasteiger partial charge >= 0.3 is 0 Å². The van der Waals surface area contributed by atoms with Crippen molar-refractivity contribution in [3.8, 4) is 0 Å². The summed E-state index contributed by atoms with van der Waals surface area (Å²) in [4.78, 5) is 26.5. The maximum atomic E-state index is 12.5. The summed E-state index contributed by atoms with van der Waals surface area (Å²) in [6.45, 7) is 0.558. The van der Waals surface area contributed by atoms with Crippen LogP contribution in [0.25, 0.3) is 11.0 Å². The molecule has 8 nitrogen and oxygen atoms in total. The minimum Gasteiger partial charge on any atom is -0.356 e. The lowest BCUT2D eigenvalue weighted by atomic mass is 10.1. The third kappa shape index (κ3) is 2.86. The summed E-state index contributed by atoms with van der Waals surface area (Å²) in [6, 6.07) is 6.86. The van der Waals surface area contributed by atoms with Crippen molar-refractivity contribution in [3.05, 3.63) is 42.4 Å². The largest absolute Gasteiger partial charge is 0.356 e. The molecule has 0 unspecified atom stereocenters. The van der Waals surface area contributed by atoms with Gasteiger partial charge in [-0.3, -0.25) is 14.3 Å². The zero-order valence-corrected chi connectivity index (χ0v) is 13.7. The number of amides is 2. The molecule has 8 heteroatoms. The van der Waals surface area contributed by atoms with Crippen LogP contribution >= 0.6 is 0 Å². The van der Waals surface area contributed by atoms with Gasteiger partial charge in [-0.2, -0.15) is 5.10 Å². The summed E-state index contributed by atoms with van der Waals surface area (Å²) in [5.41, 5.74) is 1.96. The summed E-state index contributed by atoms with van der Waals surface area (Å²) in [6.07, 6.45) is 4.07. The lowest BCUT2D eigenvalue weighted by molar-refractivity contribution is -0.126. The number of fused-ring (bicyclic) bond motifs is 1. The number of rotatable bonds is 4. The van der Waals surface area contributed by atoms with Gasteiger partial charge in [0.15, 0.2) is 5.58 Å². The first-order chi connectivity index (χ1) is 12.1. The van der Waals surface area contributed by atoms with E-state index >= 15 is 0 Å². The average Bonchev–Trinajstić information content (AvgIpc) is 3.29. The van der Waals surface area contributed by atoms with Gasteiger partial charge in [-0.05, 0) is 18.6 Å². The Morgan fingerprint density at radius 3 is 3.04 bits per heavy atom. The molecule has 1 aromatic carbocycles. The molecular weight excluding hydrogens is 322 g/mol. The van der Waals surface area contributed by atoms with E-state index in [0.717, 1.165) is 11.1 Å². The summed E-state index contributed by atoms with van der Waals surface area (Å²) in [5.74, 6) is -0.364. The van der Waals surface area contributed by atoms with Crippen molar-refractivity contribution in [2.24, 2.45) is 7.05 Å². The molecule has 2 amide bonds. The SMILES string of the molecule is Cn1cc(N2CC[C@H](NC(=O)Cc3noc4ccccc34)C2=O)cn1. The number of carbonyl (C=O) groups excluding carboxylic acids is 2. The Bertz CT molecular complexity index is 945. The summed E-state index contributed by atoms with van der Waals surface area (Å²) < 4.78 is 6.85. The van der Waals surface area contributed by atoms with Crippen LogP contribution in [0.3, 0.4) is 0 Å². The first kappa shape index (κ1) is 15.4. The molecule has 25 heavy (non-hydrogen) atoms. The van der Waals surface area contributed by atoms with E-state index in [1.165, 1.54) is 0 Å². The van der Waals surface area contributed by atoms with Gasteiger partial charge < -0.3 is 14.7 Å². The number of aromatic nitrogens is 3. The van der Waals surface area contributed by atoms with E-state index in [2.05, 4.69) is 15.6 Å². The lowest BCUT2D eigenvalue weighted by Gasteiger charge is -2.14. The van der Waals surface area contributed by atoms with Gasteiger partial charge in [-0.15, -0.1) is 0 Å². The van der Waals surface area contributed by atoms with Gasteiger partial charge in [0.2, 0.25) is 11.8 Å². The number of para-hydroxylation sites is 1. The Morgan fingerprint density at radius 1 is 1.40 bits per heavy atom. The topological polar surface area (TPSA) is 93.3 Å². The van der Waals surface area contributed by atoms with Crippen LogP contribution in [0.1, 0.15) is 12.1 Å². The second kappa shape index (κ2) is 6.04. The van der Waals surface area contributed by atoms with Crippen molar-refractivity contribution in [1.29, 1.82) is 0 Å². The van der Waals surface area contributed by atoms with Crippen LogP contribution in [0.4, 0.5) is 5.69 Å². The normalized spacial score (nSPS) is 17.4. The van der Waals surface area contributed by atoms with Crippen molar-refractivity contribution in [3.63, 3.8) is 0 Å². The number of carbonyl (C=O) groups is 2.